The molecule has 1 aliphatic heterocycles. The number of likely N-dealkylation sites (tertiary alicyclic amines) is 1. The van der Waals surface area contributed by atoms with Crippen LogP contribution in [-0.4, -0.2) is 51.5 Å². The van der Waals surface area contributed by atoms with E-state index in [4.69, 9.17) is 4.74 Å². The Morgan fingerprint density at radius 3 is 2.89 bits per heavy atom. The number of rotatable bonds is 5. The normalized spacial score (nSPS) is 16.8. The molecule has 19 heavy (non-hydrogen) atoms. The Kier molecular flexibility index (Phi) is 5.72. The van der Waals surface area contributed by atoms with Crippen molar-refractivity contribution in [2.45, 2.75) is 32.3 Å². The summed E-state index contributed by atoms with van der Waals surface area (Å²) in [7, 11) is 0. The predicted molar refractivity (Wildman–Crippen MR) is 78.0 cm³/mol. The van der Waals surface area contributed by atoms with Crippen LogP contribution in [0.25, 0.3) is 0 Å². The van der Waals surface area contributed by atoms with Crippen LogP contribution in [0.2, 0.25) is 0 Å². The molecule has 1 fully saturated rings. The van der Waals surface area contributed by atoms with Crippen molar-refractivity contribution in [3.63, 3.8) is 0 Å². The number of carbonyl (C=O) groups excluding carboxylic acids is 1. The van der Waals surface area contributed by atoms with Gasteiger partial charge >= 0.3 is 0 Å². The van der Waals surface area contributed by atoms with E-state index >= 15 is 0 Å². The van der Waals surface area contributed by atoms with Gasteiger partial charge in [-0.05, 0) is 30.8 Å². The van der Waals surface area contributed by atoms with Gasteiger partial charge in [-0.2, -0.15) is 0 Å². The van der Waals surface area contributed by atoms with Crippen LogP contribution >= 0.6 is 27.5 Å². The third-order valence-electron chi connectivity index (χ3n) is 3.24. The van der Waals surface area contributed by atoms with Crippen molar-refractivity contribution in [1.29, 1.82) is 0 Å². The van der Waals surface area contributed by atoms with Gasteiger partial charge in [0.25, 0.3) is 5.91 Å². The number of ether oxygens (including phenoxy) is 1. The molecule has 0 bridgehead atoms. The average molecular weight is 348 g/mol. The van der Waals surface area contributed by atoms with E-state index in [1.807, 2.05) is 11.8 Å². The van der Waals surface area contributed by atoms with Crippen molar-refractivity contribution in [3.05, 3.63) is 10.6 Å². The summed E-state index contributed by atoms with van der Waals surface area (Å²) >= 11 is 4.55. The lowest BCUT2D eigenvalue weighted by Crippen LogP contribution is -2.41. The second-order valence-corrected chi connectivity index (χ2v) is 6.00. The van der Waals surface area contributed by atoms with Crippen molar-refractivity contribution in [1.82, 2.24) is 14.5 Å². The molecule has 2 rings (SSSR count). The molecule has 0 saturated carbocycles. The number of halogens is 1. The fourth-order valence-electron chi connectivity index (χ4n) is 2.18. The molecule has 1 amide bonds. The van der Waals surface area contributed by atoms with E-state index in [0.717, 1.165) is 50.0 Å². The molecule has 1 aliphatic rings. The SMILES string of the molecule is CCc1nnsc1C(=O)N1CCC(OCCBr)CC1. The zero-order chi connectivity index (χ0) is 13.7. The largest absolute Gasteiger partial charge is 0.377 e. The molecule has 106 valence electrons. The Bertz CT molecular complexity index is 419. The van der Waals surface area contributed by atoms with Crippen LogP contribution in [0, 0.1) is 0 Å². The lowest BCUT2D eigenvalue weighted by atomic mass is 10.1. The third-order valence-corrected chi connectivity index (χ3v) is 4.32. The van der Waals surface area contributed by atoms with Crippen LogP contribution in [0.1, 0.15) is 35.1 Å². The van der Waals surface area contributed by atoms with Crippen LogP contribution < -0.4 is 0 Å². The maximum atomic E-state index is 12.4. The number of alkyl halides is 1. The monoisotopic (exact) mass is 347 g/mol. The topological polar surface area (TPSA) is 55.3 Å². The highest BCUT2D eigenvalue weighted by molar-refractivity contribution is 9.09. The molecule has 0 radical (unpaired) electrons. The molecule has 7 heteroatoms. The molecule has 0 unspecified atom stereocenters. The Morgan fingerprint density at radius 1 is 1.53 bits per heavy atom. The van der Waals surface area contributed by atoms with Gasteiger partial charge in [0.1, 0.15) is 4.88 Å². The first-order valence-electron chi connectivity index (χ1n) is 6.54. The highest BCUT2D eigenvalue weighted by atomic mass is 79.9. The van der Waals surface area contributed by atoms with Crippen LogP contribution in [-0.2, 0) is 11.2 Å². The van der Waals surface area contributed by atoms with E-state index in [1.54, 1.807) is 0 Å². The zero-order valence-electron chi connectivity index (χ0n) is 11.0. The van der Waals surface area contributed by atoms with E-state index < -0.39 is 0 Å². The first-order chi connectivity index (χ1) is 9.26. The summed E-state index contributed by atoms with van der Waals surface area (Å²) in [6.07, 6.45) is 2.85. The Balaban J connectivity index is 1.89. The highest BCUT2D eigenvalue weighted by Crippen LogP contribution is 2.19. The zero-order valence-corrected chi connectivity index (χ0v) is 13.4. The molecular weight excluding hydrogens is 330 g/mol. The molecule has 0 atom stereocenters. The minimum atomic E-state index is 0.0748. The Morgan fingerprint density at radius 2 is 2.26 bits per heavy atom. The predicted octanol–water partition coefficient (Wildman–Crippen LogP) is 2.12. The molecular formula is C12H18BrN3O2S. The summed E-state index contributed by atoms with van der Waals surface area (Å²) in [4.78, 5) is 15.0. The van der Waals surface area contributed by atoms with Crippen molar-refractivity contribution in [2.75, 3.05) is 25.0 Å². The summed E-state index contributed by atoms with van der Waals surface area (Å²) in [5.74, 6) is 0.0748. The van der Waals surface area contributed by atoms with E-state index in [9.17, 15) is 4.79 Å². The summed E-state index contributed by atoms with van der Waals surface area (Å²) < 4.78 is 9.57. The number of hydrogen-bond acceptors (Lipinski definition) is 5. The van der Waals surface area contributed by atoms with Gasteiger partial charge in [-0.25, -0.2) is 0 Å². The number of piperidine rings is 1. The van der Waals surface area contributed by atoms with E-state index in [-0.39, 0.29) is 12.0 Å². The minimum absolute atomic E-state index is 0.0748. The second kappa shape index (κ2) is 7.31. The number of carbonyl (C=O) groups is 1. The van der Waals surface area contributed by atoms with Crippen LogP contribution in [0.5, 0.6) is 0 Å². The Hall–Kier alpha value is -0.530. The van der Waals surface area contributed by atoms with Crippen molar-refractivity contribution < 1.29 is 9.53 Å². The van der Waals surface area contributed by atoms with E-state index in [2.05, 4.69) is 25.5 Å². The van der Waals surface area contributed by atoms with Gasteiger partial charge in [-0.3, -0.25) is 4.79 Å². The molecule has 0 aliphatic carbocycles. The molecule has 5 nitrogen and oxygen atoms in total. The third kappa shape index (κ3) is 3.73. The summed E-state index contributed by atoms with van der Waals surface area (Å²) in [6.45, 7) is 4.24. The standard InChI is InChI=1S/C12H18BrN3O2S/c1-2-10-11(19-15-14-10)12(17)16-6-3-9(4-7-16)18-8-5-13/h9H,2-8H2,1H3. The number of nitrogens with zero attached hydrogens (tertiary/aromatic N) is 3. The second-order valence-electron chi connectivity index (χ2n) is 4.45. The van der Waals surface area contributed by atoms with Gasteiger partial charge in [0.15, 0.2) is 0 Å². The average Bonchev–Trinajstić information content (AvgIpc) is 2.93. The summed E-state index contributed by atoms with van der Waals surface area (Å²) in [5, 5.41) is 4.86. The molecule has 1 aromatic rings. The van der Waals surface area contributed by atoms with Crippen molar-refractivity contribution in [3.8, 4) is 0 Å². The quantitative estimate of drug-likeness (QED) is 0.765. The molecule has 0 spiro atoms. The van der Waals surface area contributed by atoms with E-state index in [0.29, 0.717) is 4.88 Å². The lowest BCUT2D eigenvalue weighted by molar-refractivity contribution is 0.0161. The Labute approximate surface area is 125 Å². The molecule has 1 aromatic heterocycles. The van der Waals surface area contributed by atoms with Gasteiger partial charge in [-0.15, -0.1) is 5.10 Å². The molecule has 1 saturated heterocycles. The minimum Gasteiger partial charge on any atom is -0.377 e. The number of hydrogen-bond donors (Lipinski definition) is 0. The summed E-state index contributed by atoms with van der Waals surface area (Å²) in [5.41, 5.74) is 0.813. The summed E-state index contributed by atoms with van der Waals surface area (Å²) in [6, 6.07) is 0. The molecule has 0 aromatic carbocycles. The van der Waals surface area contributed by atoms with Gasteiger partial charge in [0, 0.05) is 18.4 Å². The van der Waals surface area contributed by atoms with Crippen LogP contribution in [0.4, 0.5) is 0 Å². The van der Waals surface area contributed by atoms with Crippen molar-refractivity contribution in [2.24, 2.45) is 0 Å². The number of aromatic nitrogens is 2. The van der Waals surface area contributed by atoms with Crippen LogP contribution in [0.3, 0.4) is 0 Å². The van der Waals surface area contributed by atoms with Gasteiger partial charge < -0.3 is 9.64 Å². The maximum absolute atomic E-state index is 12.4. The van der Waals surface area contributed by atoms with Gasteiger partial charge in [0.05, 0.1) is 18.4 Å². The van der Waals surface area contributed by atoms with Gasteiger partial charge in [-0.1, -0.05) is 27.3 Å². The van der Waals surface area contributed by atoms with Crippen LogP contribution in [0.15, 0.2) is 0 Å². The van der Waals surface area contributed by atoms with Gasteiger partial charge in [0.2, 0.25) is 0 Å². The maximum Gasteiger partial charge on any atom is 0.267 e. The first kappa shape index (κ1) is 14.9. The number of amides is 1. The molecule has 0 N–H and O–H groups in total. The lowest BCUT2D eigenvalue weighted by Gasteiger charge is -2.31. The first-order valence-corrected chi connectivity index (χ1v) is 8.43. The smallest absolute Gasteiger partial charge is 0.267 e. The van der Waals surface area contributed by atoms with E-state index in [1.165, 1.54) is 11.5 Å². The fourth-order valence-corrected chi connectivity index (χ4v) is 3.09. The molecule has 2 heterocycles. The highest BCUT2D eigenvalue weighted by Gasteiger charge is 2.26. The fraction of sp³-hybridized carbons (Fsp3) is 0.750. The van der Waals surface area contributed by atoms with Crippen molar-refractivity contribution >= 4 is 33.4 Å². The number of aryl methyl sites for hydroxylation is 1.